The highest BCUT2D eigenvalue weighted by Crippen LogP contribution is 2.43. The summed E-state index contributed by atoms with van der Waals surface area (Å²) < 4.78 is 25.9. The summed E-state index contributed by atoms with van der Waals surface area (Å²) in [6, 6.07) is 7.44. The number of fused-ring (bicyclic) bond motifs is 1. The van der Waals surface area contributed by atoms with Crippen LogP contribution < -0.4 is 0 Å². The molecule has 0 unspecified atom stereocenters. The molecule has 2 aliphatic heterocycles. The van der Waals surface area contributed by atoms with Crippen LogP contribution in [0.2, 0.25) is 0 Å². The van der Waals surface area contributed by atoms with Crippen molar-refractivity contribution in [3.63, 3.8) is 0 Å². The Morgan fingerprint density at radius 3 is 2.50 bits per heavy atom. The molecule has 2 heterocycles. The van der Waals surface area contributed by atoms with Crippen molar-refractivity contribution in [3.8, 4) is 11.8 Å². The van der Waals surface area contributed by atoms with Gasteiger partial charge >= 0.3 is 0 Å². The zero-order chi connectivity index (χ0) is 21.3. The lowest BCUT2D eigenvalue weighted by Crippen LogP contribution is -2.73. The van der Waals surface area contributed by atoms with Gasteiger partial charge in [0.2, 0.25) is 15.9 Å². The number of nitrogens with zero attached hydrogens (tertiary/aromatic N) is 2. The minimum atomic E-state index is -3.43. The minimum Gasteiger partial charge on any atom is -0.394 e. The van der Waals surface area contributed by atoms with Crippen LogP contribution >= 0.6 is 0 Å². The van der Waals surface area contributed by atoms with E-state index in [9.17, 15) is 18.3 Å². The molecular weight excluding hydrogens is 400 g/mol. The second kappa shape index (κ2) is 8.70. The van der Waals surface area contributed by atoms with E-state index in [-0.39, 0.29) is 49.4 Å². The smallest absolute Gasteiger partial charge is 0.238 e. The highest BCUT2D eigenvalue weighted by molar-refractivity contribution is 7.89. The highest BCUT2D eigenvalue weighted by Gasteiger charge is 2.55. The predicted molar refractivity (Wildman–Crippen MR) is 115 cm³/mol. The van der Waals surface area contributed by atoms with Crippen LogP contribution in [0.4, 0.5) is 0 Å². The van der Waals surface area contributed by atoms with Crippen molar-refractivity contribution in [1.82, 2.24) is 9.21 Å². The van der Waals surface area contributed by atoms with Crippen molar-refractivity contribution in [2.24, 2.45) is 5.92 Å². The molecule has 3 aliphatic rings. The lowest BCUT2D eigenvalue weighted by molar-refractivity contribution is -0.158. The zero-order valence-electron chi connectivity index (χ0n) is 17.5. The number of benzene rings is 1. The van der Waals surface area contributed by atoms with E-state index >= 15 is 0 Å². The maximum Gasteiger partial charge on any atom is 0.238 e. The Hall–Kier alpha value is -1.88. The molecule has 162 valence electrons. The third-order valence-electron chi connectivity index (χ3n) is 6.87. The fraction of sp³-hybridized carbons (Fsp3) is 0.609. The second-order valence-corrected chi connectivity index (χ2v) is 10.9. The largest absolute Gasteiger partial charge is 0.394 e. The average molecular weight is 431 g/mol. The van der Waals surface area contributed by atoms with Crippen molar-refractivity contribution in [2.75, 3.05) is 25.4 Å². The Labute approximate surface area is 179 Å². The SMILES string of the molecule is CCS(=O)(=O)N1CC(=O)N2[C@H](CO)[C@@H](c3ccc(C#CCC4CCCC4)cc3)[C@H]2C1. The van der Waals surface area contributed by atoms with E-state index in [1.54, 1.807) is 11.8 Å². The van der Waals surface area contributed by atoms with E-state index < -0.39 is 10.0 Å². The molecule has 3 atom stereocenters. The van der Waals surface area contributed by atoms with Gasteiger partial charge in [0.25, 0.3) is 0 Å². The maximum absolute atomic E-state index is 12.5. The van der Waals surface area contributed by atoms with E-state index in [1.807, 2.05) is 24.3 Å². The van der Waals surface area contributed by atoms with E-state index in [0.717, 1.165) is 23.5 Å². The molecule has 7 heteroatoms. The van der Waals surface area contributed by atoms with Crippen LogP contribution in [0.25, 0.3) is 0 Å². The first-order valence-corrected chi connectivity index (χ1v) is 12.5. The number of hydrogen-bond acceptors (Lipinski definition) is 4. The number of hydrogen-bond donors (Lipinski definition) is 1. The number of aliphatic hydroxyl groups excluding tert-OH is 1. The molecular formula is C23H30N2O4S. The summed E-state index contributed by atoms with van der Waals surface area (Å²) in [5.41, 5.74) is 1.98. The van der Waals surface area contributed by atoms with Crippen molar-refractivity contribution in [1.29, 1.82) is 0 Å². The van der Waals surface area contributed by atoms with Crippen LogP contribution in [0.5, 0.6) is 0 Å². The van der Waals surface area contributed by atoms with Crippen LogP contribution in [0.15, 0.2) is 24.3 Å². The average Bonchev–Trinajstić information content (AvgIpc) is 3.24. The Bertz CT molecular complexity index is 942. The van der Waals surface area contributed by atoms with Crippen LogP contribution in [0.3, 0.4) is 0 Å². The van der Waals surface area contributed by atoms with Crippen LogP contribution in [0.1, 0.15) is 56.1 Å². The molecule has 6 nitrogen and oxygen atoms in total. The molecule has 1 aromatic rings. The molecule has 4 rings (SSSR count). The van der Waals surface area contributed by atoms with Gasteiger partial charge in [-0.3, -0.25) is 4.79 Å². The summed E-state index contributed by atoms with van der Waals surface area (Å²) in [7, 11) is -3.43. The standard InChI is InChI=1S/C23H30N2O4S/c1-2-30(28,29)24-14-20-23(21(16-26)25(20)22(27)15-24)19-12-10-18(11-13-19)9-5-8-17-6-3-4-7-17/h10-13,17,20-21,23,26H,2-4,6-8,14-16H2,1H3/t20-,21-,23+/m1/s1. The summed E-state index contributed by atoms with van der Waals surface area (Å²) in [6.07, 6.45) is 6.19. The number of amides is 1. The van der Waals surface area contributed by atoms with Gasteiger partial charge in [-0.2, -0.15) is 4.31 Å². The molecule has 2 saturated heterocycles. The number of carbonyl (C=O) groups excluding carboxylic acids is 1. The molecule has 1 saturated carbocycles. The lowest BCUT2D eigenvalue weighted by Gasteiger charge is -2.58. The first kappa shape index (κ1) is 21.4. The summed E-state index contributed by atoms with van der Waals surface area (Å²) in [5.74, 6) is 6.97. The van der Waals surface area contributed by atoms with Crippen LogP contribution in [-0.2, 0) is 14.8 Å². The van der Waals surface area contributed by atoms with Crippen LogP contribution in [-0.4, -0.2) is 66.2 Å². The quantitative estimate of drug-likeness (QED) is 0.725. The summed E-state index contributed by atoms with van der Waals surface area (Å²) in [4.78, 5) is 14.2. The number of sulfonamides is 1. The monoisotopic (exact) mass is 430 g/mol. The van der Waals surface area contributed by atoms with Crippen molar-refractivity contribution < 1.29 is 18.3 Å². The van der Waals surface area contributed by atoms with Gasteiger partial charge < -0.3 is 10.0 Å². The van der Waals surface area contributed by atoms with Gasteiger partial charge in [0, 0.05) is 24.4 Å². The Morgan fingerprint density at radius 1 is 1.17 bits per heavy atom. The minimum absolute atomic E-state index is 0.0185. The first-order chi connectivity index (χ1) is 14.4. The van der Waals surface area contributed by atoms with Gasteiger partial charge in [0.1, 0.15) is 0 Å². The van der Waals surface area contributed by atoms with Gasteiger partial charge in [0.15, 0.2) is 0 Å². The fourth-order valence-corrected chi connectivity index (χ4v) is 6.22. The fourth-order valence-electron chi connectivity index (χ4n) is 5.16. The van der Waals surface area contributed by atoms with Gasteiger partial charge in [-0.15, -0.1) is 0 Å². The molecule has 1 aliphatic carbocycles. The highest BCUT2D eigenvalue weighted by atomic mass is 32.2. The molecule has 3 fully saturated rings. The van der Waals surface area contributed by atoms with E-state index in [4.69, 9.17) is 0 Å². The number of rotatable bonds is 5. The van der Waals surface area contributed by atoms with Gasteiger partial charge in [0.05, 0.1) is 31.0 Å². The van der Waals surface area contributed by atoms with Crippen molar-refractivity contribution in [2.45, 2.75) is 57.0 Å². The second-order valence-electron chi connectivity index (χ2n) is 8.62. The molecule has 0 spiro atoms. The Balaban J connectivity index is 1.48. The van der Waals surface area contributed by atoms with E-state index in [2.05, 4.69) is 11.8 Å². The summed E-state index contributed by atoms with van der Waals surface area (Å²) in [6.45, 7) is 1.61. The molecule has 30 heavy (non-hydrogen) atoms. The van der Waals surface area contributed by atoms with Gasteiger partial charge in [-0.1, -0.05) is 36.8 Å². The van der Waals surface area contributed by atoms with Gasteiger partial charge in [-0.25, -0.2) is 8.42 Å². The predicted octanol–water partition coefficient (Wildman–Crippen LogP) is 1.94. The van der Waals surface area contributed by atoms with Crippen molar-refractivity contribution >= 4 is 15.9 Å². The normalized spacial score (nSPS) is 27.3. The van der Waals surface area contributed by atoms with Crippen molar-refractivity contribution in [3.05, 3.63) is 35.4 Å². The molecule has 0 radical (unpaired) electrons. The van der Waals surface area contributed by atoms with Gasteiger partial charge in [-0.05, 0) is 43.4 Å². The zero-order valence-corrected chi connectivity index (χ0v) is 18.3. The molecule has 1 aromatic carbocycles. The molecule has 1 amide bonds. The van der Waals surface area contributed by atoms with E-state index in [0.29, 0.717) is 0 Å². The summed E-state index contributed by atoms with van der Waals surface area (Å²) >= 11 is 0. The molecule has 0 aromatic heterocycles. The van der Waals surface area contributed by atoms with Crippen LogP contribution in [0, 0.1) is 17.8 Å². The maximum atomic E-state index is 12.5. The number of aliphatic hydroxyl groups is 1. The molecule has 0 bridgehead atoms. The lowest BCUT2D eigenvalue weighted by atomic mass is 9.74. The third-order valence-corrected chi connectivity index (χ3v) is 8.67. The number of piperazine rings is 1. The topological polar surface area (TPSA) is 77.9 Å². The Morgan fingerprint density at radius 2 is 1.87 bits per heavy atom. The third kappa shape index (κ3) is 4.01. The summed E-state index contributed by atoms with van der Waals surface area (Å²) in [5, 5.41) is 9.87. The number of carbonyl (C=O) groups is 1. The van der Waals surface area contributed by atoms with E-state index in [1.165, 1.54) is 30.0 Å². The molecule has 1 N–H and O–H groups in total. The first-order valence-electron chi connectivity index (χ1n) is 10.9. The Kier molecular flexibility index (Phi) is 6.19.